The molecule has 0 heterocycles. The number of ketones is 1. The van der Waals surface area contributed by atoms with Crippen LogP contribution in [0.2, 0.25) is 0 Å². The fraction of sp³-hybridized carbons (Fsp3) is 0.360. The molecule has 1 aliphatic rings. The highest BCUT2D eigenvalue weighted by atomic mass is 16.1. The summed E-state index contributed by atoms with van der Waals surface area (Å²) >= 11 is 0. The molecule has 0 radical (unpaired) electrons. The van der Waals surface area contributed by atoms with E-state index in [4.69, 9.17) is 5.26 Å². The van der Waals surface area contributed by atoms with Crippen LogP contribution in [0.1, 0.15) is 72.1 Å². The van der Waals surface area contributed by atoms with Gasteiger partial charge in [-0.3, -0.25) is 9.69 Å². The van der Waals surface area contributed by atoms with E-state index in [1.165, 1.54) is 24.0 Å². The summed E-state index contributed by atoms with van der Waals surface area (Å²) in [4.78, 5) is 13.9. The number of benzene rings is 2. The van der Waals surface area contributed by atoms with E-state index in [2.05, 4.69) is 55.7 Å². The molecule has 3 rings (SSSR count). The van der Waals surface area contributed by atoms with Gasteiger partial charge in [0.15, 0.2) is 0 Å². The Hall–Kier alpha value is -2.88. The largest absolute Gasteiger partial charge is 0.296 e. The molecular formula is C25H26N2O. The zero-order chi connectivity index (χ0) is 20.1. The van der Waals surface area contributed by atoms with Crippen molar-refractivity contribution < 1.29 is 4.79 Å². The molecule has 0 bridgehead atoms. The standard InChI is InChI=1S/C25H26N2O/c1-4-27(23-13-14-23)17-22-12-9-20(15-24(22)18(2)3)6-5-19-7-10-21(11-8-19)25(28)16-26/h7-12,15,18,23H,4,13-14,17H2,1-3H3. The average Bonchev–Trinajstić information content (AvgIpc) is 3.55. The van der Waals surface area contributed by atoms with Gasteiger partial charge in [-0.1, -0.05) is 38.7 Å². The van der Waals surface area contributed by atoms with Gasteiger partial charge >= 0.3 is 0 Å². The van der Waals surface area contributed by atoms with Gasteiger partial charge in [-0.2, -0.15) is 5.26 Å². The molecular weight excluding hydrogens is 344 g/mol. The van der Waals surface area contributed by atoms with Crippen LogP contribution in [0, 0.1) is 23.2 Å². The van der Waals surface area contributed by atoms with E-state index in [1.54, 1.807) is 30.3 Å². The summed E-state index contributed by atoms with van der Waals surface area (Å²) in [6.07, 6.45) is 2.65. The van der Waals surface area contributed by atoms with Crippen LogP contribution in [0.15, 0.2) is 42.5 Å². The predicted molar refractivity (Wildman–Crippen MR) is 112 cm³/mol. The molecule has 0 atom stereocenters. The average molecular weight is 370 g/mol. The second-order valence-electron chi connectivity index (χ2n) is 7.63. The Labute approximate surface area is 168 Å². The molecule has 28 heavy (non-hydrogen) atoms. The Kier molecular flexibility index (Phi) is 6.30. The number of hydrogen-bond donors (Lipinski definition) is 0. The van der Waals surface area contributed by atoms with Crippen molar-refractivity contribution >= 4 is 5.78 Å². The molecule has 3 nitrogen and oxygen atoms in total. The Morgan fingerprint density at radius 1 is 1.11 bits per heavy atom. The molecule has 0 aromatic heterocycles. The second kappa shape index (κ2) is 8.87. The SMILES string of the molecule is CCN(Cc1ccc(C#Cc2ccc(C(=O)C#N)cc2)cc1C(C)C)C1CC1. The van der Waals surface area contributed by atoms with Gasteiger partial charge in [-0.05, 0) is 72.8 Å². The topological polar surface area (TPSA) is 44.1 Å². The first kappa shape index (κ1) is 19.9. The first-order valence-corrected chi connectivity index (χ1v) is 9.95. The van der Waals surface area contributed by atoms with Crippen molar-refractivity contribution in [2.75, 3.05) is 6.54 Å². The van der Waals surface area contributed by atoms with Crippen molar-refractivity contribution in [2.24, 2.45) is 0 Å². The molecule has 1 saturated carbocycles. The van der Waals surface area contributed by atoms with E-state index >= 15 is 0 Å². The molecule has 1 fully saturated rings. The van der Waals surface area contributed by atoms with Crippen LogP contribution in [0.3, 0.4) is 0 Å². The van der Waals surface area contributed by atoms with E-state index in [0.717, 1.165) is 30.3 Å². The van der Waals surface area contributed by atoms with Crippen LogP contribution < -0.4 is 0 Å². The lowest BCUT2D eigenvalue weighted by Gasteiger charge is -2.23. The maximum atomic E-state index is 11.4. The Balaban J connectivity index is 1.80. The molecule has 0 N–H and O–H groups in total. The maximum absolute atomic E-state index is 11.4. The van der Waals surface area contributed by atoms with Gasteiger partial charge in [0.2, 0.25) is 0 Å². The second-order valence-corrected chi connectivity index (χ2v) is 7.63. The molecule has 3 heteroatoms. The van der Waals surface area contributed by atoms with Gasteiger partial charge < -0.3 is 0 Å². The zero-order valence-electron chi connectivity index (χ0n) is 16.8. The normalized spacial score (nSPS) is 13.1. The molecule has 0 amide bonds. The first-order chi connectivity index (χ1) is 13.5. The summed E-state index contributed by atoms with van der Waals surface area (Å²) in [5, 5.41) is 8.68. The summed E-state index contributed by atoms with van der Waals surface area (Å²) in [6.45, 7) is 8.80. The van der Waals surface area contributed by atoms with E-state index in [1.807, 2.05) is 0 Å². The van der Waals surface area contributed by atoms with Crippen molar-refractivity contribution in [2.45, 2.75) is 52.1 Å². The predicted octanol–water partition coefficient (Wildman–Crippen LogP) is 4.90. The molecule has 0 unspecified atom stereocenters. The first-order valence-electron chi connectivity index (χ1n) is 9.95. The smallest absolute Gasteiger partial charge is 0.262 e. The van der Waals surface area contributed by atoms with Gasteiger partial charge in [-0.25, -0.2) is 0 Å². The minimum atomic E-state index is -0.524. The third kappa shape index (κ3) is 4.89. The minimum Gasteiger partial charge on any atom is -0.296 e. The number of Topliss-reactive ketones (excluding diaryl/α,β-unsaturated/α-hetero) is 1. The Morgan fingerprint density at radius 3 is 2.32 bits per heavy atom. The van der Waals surface area contributed by atoms with Crippen LogP contribution >= 0.6 is 0 Å². The molecule has 0 aliphatic heterocycles. The zero-order valence-corrected chi connectivity index (χ0v) is 16.8. The quantitative estimate of drug-likeness (QED) is 0.413. The molecule has 2 aromatic rings. The summed E-state index contributed by atoms with van der Waals surface area (Å²) in [6, 6.07) is 15.8. The van der Waals surface area contributed by atoms with Gasteiger partial charge in [-0.15, -0.1) is 0 Å². The van der Waals surface area contributed by atoms with Crippen molar-refractivity contribution in [3.05, 3.63) is 70.3 Å². The number of rotatable bonds is 6. The van der Waals surface area contributed by atoms with E-state index < -0.39 is 5.78 Å². The number of carbonyl (C=O) groups excluding carboxylic acids is 1. The third-order valence-electron chi connectivity index (χ3n) is 5.21. The van der Waals surface area contributed by atoms with E-state index in [9.17, 15) is 4.79 Å². The number of nitriles is 1. The summed E-state index contributed by atoms with van der Waals surface area (Å²) in [7, 11) is 0. The highest BCUT2D eigenvalue weighted by Crippen LogP contribution is 2.30. The molecule has 0 saturated heterocycles. The highest BCUT2D eigenvalue weighted by molar-refractivity contribution is 6.07. The Bertz CT molecular complexity index is 951. The van der Waals surface area contributed by atoms with Crippen LogP contribution in [0.5, 0.6) is 0 Å². The van der Waals surface area contributed by atoms with Crippen LogP contribution in [0.25, 0.3) is 0 Å². The van der Waals surface area contributed by atoms with E-state index in [0.29, 0.717) is 11.5 Å². The van der Waals surface area contributed by atoms with E-state index in [-0.39, 0.29) is 0 Å². The van der Waals surface area contributed by atoms with Crippen molar-refractivity contribution in [1.29, 1.82) is 5.26 Å². The lowest BCUT2D eigenvalue weighted by atomic mass is 9.94. The lowest BCUT2D eigenvalue weighted by molar-refractivity contribution is 0.105. The van der Waals surface area contributed by atoms with Crippen LogP contribution in [-0.4, -0.2) is 23.3 Å². The van der Waals surface area contributed by atoms with Crippen molar-refractivity contribution in [3.8, 4) is 17.9 Å². The molecule has 142 valence electrons. The minimum absolute atomic E-state index is 0.399. The summed E-state index contributed by atoms with van der Waals surface area (Å²) in [5.74, 6) is 6.32. The van der Waals surface area contributed by atoms with Crippen molar-refractivity contribution in [3.63, 3.8) is 0 Å². The highest BCUT2D eigenvalue weighted by Gasteiger charge is 2.28. The van der Waals surface area contributed by atoms with Gasteiger partial charge in [0, 0.05) is 29.3 Å². The molecule has 1 aliphatic carbocycles. The Morgan fingerprint density at radius 2 is 1.75 bits per heavy atom. The maximum Gasteiger partial charge on any atom is 0.262 e. The number of carbonyl (C=O) groups is 1. The number of nitrogens with zero attached hydrogens (tertiary/aromatic N) is 2. The van der Waals surface area contributed by atoms with Crippen molar-refractivity contribution in [1.82, 2.24) is 4.90 Å². The molecule has 0 spiro atoms. The van der Waals surface area contributed by atoms with Gasteiger partial charge in [0.25, 0.3) is 5.78 Å². The number of hydrogen-bond acceptors (Lipinski definition) is 3. The van der Waals surface area contributed by atoms with Crippen LogP contribution in [0.4, 0.5) is 0 Å². The monoisotopic (exact) mass is 370 g/mol. The molecule has 2 aromatic carbocycles. The fourth-order valence-corrected chi connectivity index (χ4v) is 3.43. The summed E-state index contributed by atoms with van der Waals surface area (Å²) < 4.78 is 0. The van der Waals surface area contributed by atoms with Crippen LogP contribution in [-0.2, 0) is 6.54 Å². The van der Waals surface area contributed by atoms with Gasteiger partial charge in [0.05, 0.1) is 0 Å². The third-order valence-corrected chi connectivity index (χ3v) is 5.21. The fourth-order valence-electron chi connectivity index (χ4n) is 3.43. The van der Waals surface area contributed by atoms with Gasteiger partial charge in [0.1, 0.15) is 6.07 Å². The summed E-state index contributed by atoms with van der Waals surface area (Å²) in [5.41, 5.74) is 4.99. The lowest BCUT2D eigenvalue weighted by Crippen LogP contribution is -2.25.